The number of hydrogen-bond donors (Lipinski definition) is 2. The van der Waals surface area contributed by atoms with Crippen LogP contribution in [0.2, 0.25) is 0 Å². The number of amides is 2. The molecule has 2 aliphatic heterocycles. The highest BCUT2D eigenvalue weighted by Gasteiger charge is 2.59. The highest BCUT2D eigenvalue weighted by Crippen LogP contribution is 2.55. The third-order valence-electron chi connectivity index (χ3n) is 7.33. The maximum Gasteiger partial charge on any atom is 0.318 e. The molecule has 11 heteroatoms. The van der Waals surface area contributed by atoms with Crippen LogP contribution in [0.25, 0.3) is 11.4 Å². The molecular formula is C25H33N5O5S. The van der Waals surface area contributed by atoms with E-state index in [1.54, 1.807) is 19.2 Å². The van der Waals surface area contributed by atoms with E-state index < -0.39 is 19.8 Å². The van der Waals surface area contributed by atoms with Crippen LogP contribution in [-0.2, 0) is 24.1 Å². The van der Waals surface area contributed by atoms with Gasteiger partial charge in [-0.25, -0.2) is 23.2 Å². The third kappa shape index (κ3) is 4.67. The maximum atomic E-state index is 13.9. The lowest BCUT2D eigenvalue weighted by Crippen LogP contribution is -2.44. The van der Waals surface area contributed by atoms with E-state index in [2.05, 4.69) is 22.5 Å². The van der Waals surface area contributed by atoms with Crippen molar-refractivity contribution in [3.63, 3.8) is 0 Å². The molecule has 0 spiro atoms. The van der Waals surface area contributed by atoms with E-state index in [-0.39, 0.29) is 12.1 Å². The molecule has 2 N–H and O–H groups in total. The van der Waals surface area contributed by atoms with Gasteiger partial charge in [-0.05, 0) is 56.9 Å². The molecule has 3 fully saturated rings. The zero-order chi connectivity index (χ0) is 25.3. The zero-order valence-corrected chi connectivity index (χ0v) is 21.5. The van der Waals surface area contributed by atoms with Crippen LogP contribution in [0.1, 0.15) is 38.3 Å². The number of ether oxygens (including phenoxy) is 2. The fourth-order valence-electron chi connectivity index (χ4n) is 5.01. The number of anilines is 2. The number of nitrogens with zero attached hydrogens (tertiary/aromatic N) is 3. The van der Waals surface area contributed by atoms with E-state index in [0.29, 0.717) is 81.7 Å². The van der Waals surface area contributed by atoms with Crippen molar-refractivity contribution in [3.05, 3.63) is 36.0 Å². The Morgan fingerprint density at radius 3 is 2.44 bits per heavy atom. The largest absolute Gasteiger partial charge is 0.381 e. The van der Waals surface area contributed by atoms with Gasteiger partial charge in [-0.15, -0.1) is 0 Å². The summed E-state index contributed by atoms with van der Waals surface area (Å²) in [6.07, 6.45) is 2.18. The number of rotatable bonds is 6. The van der Waals surface area contributed by atoms with Crippen LogP contribution in [-0.4, -0.2) is 75.7 Å². The average molecular weight is 516 g/mol. The lowest BCUT2D eigenvalue weighted by Gasteiger charge is -2.35. The quantitative estimate of drug-likeness (QED) is 0.602. The summed E-state index contributed by atoms with van der Waals surface area (Å²) in [5, 5.41) is 4.85. The number of hydrogen-bond acceptors (Lipinski definition) is 8. The monoisotopic (exact) mass is 515 g/mol. The summed E-state index contributed by atoms with van der Waals surface area (Å²) in [6, 6.07) is 8.91. The highest BCUT2D eigenvalue weighted by molar-refractivity contribution is 7.93. The molecule has 5 rings (SSSR count). The molecule has 1 atom stereocenters. The molecule has 10 nitrogen and oxygen atoms in total. The molecule has 1 aromatic heterocycles. The van der Waals surface area contributed by atoms with Crippen LogP contribution in [0.5, 0.6) is 0 Å². The second kappa shape index (κ2) is 9.95. The molecule has 0 unspecified atom stereocenters. The van der Waals surface area contributed by atoms with E-state index in [0.717, 1.165) is 5.56 Å². The summed E-state index contributed by atoms with van der Waals surface area (Å²) in [5.74, 6) is 1.19. The van der Waals surface area contributed by atoms with Gasteiger partial charge in [-0.3, -0.25) is 0 Å². The second-order valence-electron chi connectivity index (χ2n) is 9.68. The number of aromatic nitrogens is 2. The predicted octanol–water partition coefficient (Wildman–Crippen LogP) is 2.70. The minimum atomic E-state index is -3.45. The number of carbonyl (C=O) groups excluding carboxylic acids is 1. The molecule has 1 aromatic carbocycles. The molecule has 2 aromatic rings. The van der Waals surface area contributed by atoms with E-state index in [9.17, 15) is 13.2 Å². The third-order valence-corrected chi connectivity index (χ3v) is 10.4. The lowest BCUT2D eigenvalue weighted by atomic mass is 10.1. The van der Waals surface area contributed by atoms with Gasteiger partial charge in [0.25, 0.3) is 0 Å². The lowest BCUT2D eigenvalue weighted by molar-refractivity contribution is 0.0981. The van der Waals surface area contributed by atoms with E-state index in [1.165, 1.54) is 0 Å². The Hall–Kier alpha value is -2.76. The number of carbonyl (C=O) groups is 1. The summed E-state index contributed by atoms with van der Waals surface area (Å²) < 4.78 is 37.8. The van der Waals surface area contributed by atoms with Gasteiger partial charge < -0.3 is 25.0 Å². The SMILES string of the molecule is CNC(=O)Nc1ccc(-c2nc(N3CCOC[C@@H]3C)cc(C3(S(=O)(=O)C4CCOCC4)CC3)n2)cc1. The predicted molar refractivity (Wildman–Crippen MR) is 137 cm³/mol. The molecule has 3 aliphatic rings. The van der Waals surface area contributed by atoms with Crippen LogP contribution in [0, 0.1) is 0 Å². The summed E-state index contributed by atoms with van der Waals surface area (Å²) in [6.45, 7) is 4.87. The Labute approximate surface area is 211 Å². The highest BCUT2D eigenvalue weighted by atomic mass is 32.2. The first kappa shape index (κ1) is 24.9. The van der Waals surface area contributed by atoms with Gasteiger partial charge >= 0.3 is 6.03 Å². The fourth-order valence-corrected chi connectivity index (χ4v) is 7.53. The molecule has 194 valence electrons. The van der Waals surface area contributed by atoms with Gasteiger partial charge in [0.05, 0.1) is 30.2 Å². The number of nitrogens with one attached hydrogen (secondary N) is 2. The van der Waals surface area contributed by atoms with Crippen molar-refractivity contribution in [3.8, 4) is 11.4 Å². The normalized spacial score (nSPS) is 22.2. The number of sulfone groups is 1. The second-order valence-corrected chi connectivity index (χ2v) is 12.2. The Balaban J connectivity index is 1.55. The minimum absolute atomic E-state index is 0.107. The Morgan fingerprint density at radius 1 is 1.08 bits per heavy atom. The van der Waals surface area contributed by atoms with Crippen molar-refractivity contribution in [2.24, 2.45) is 0 Å². The van der Waals surface area contributed by atoms with Crippen LogP contribution in [0.3, 0.4) is 0 Å². The van der Waals surface area contributed by atoms with Crippen LogP contribution >= 0.6 is 0 Å². The summed E-state index contributed by atoms with van der Waals surface area (Å²) in [4.78, 5) is 23.5. The number of morpholine rings is 1. The Morgan fingerprint density at radius 2 is 1.81 bits per heavy atom. The molecule has 0 radical (unpaired) electrons. The van der Waals surface area contributed by atoms with E-state index in [1.807, 2.05) is 18.2 Å². The molecular weight excluding hydrogens is 482 g/mol. The van der Waals surface area contributed by atoms with E-state index in [4.69, 9.17) is 19.4 Å². The summed E-state index contributed by atoms with van der Waals surface area (Å²) in [5.41, 5.74) is 1.96. The standard InChI is InChI=1S/C25H33N5O5S/c1-17-16-35-14-11-30(17)22-15-21(25(9-10-25)36(32,33)20-7-12-34-13-8-20)28-23(29-22)18-3-5-19(6-4-18)27-24(31)26-2/h3-6,15,17,20H,7-14,16H2,1-2H3,(H2,26,27,31)/t17-/m0/s1. The van der Waals surface area contributed by atoms with Crippen LogP contribution in [0.4, 0.5) is 16.3 Å². The molecule has 0 bridgehead atoms. The summed E-state index contributed by atoms with van der Waals surface area (Å²) in [7, 11) is -1.90. The first-order valence-corrected chi connectivity index (χ1v) is 14.0. The van der Waals surface area contributed by atoms with Crippen LogP contribution < -0.4 is 15.5 Å². The first-order valence-electron chi connectivity index (χ1n) is 12.5. The van der Waals surface area contributed by atoms with Crippen molar-refractivity contribution in [2.75, 3.05) is 50.2 Å². The molecule has 36 heavy (non-hydrogen) atoms. The smallest absolute Gasteiger partial charge is 0.318 e. The molecule has 1 aliphatic carbocycles. The maximum absolute atomic E-state index is 13.9. The summed E-state index contributed by atoms with van der Waals surface area (Å²) >= 11 is 0. The topological polar surface area (TPSA) is 123 Å². The van der Waals surface area contributed by atoms with Gasteiger partial charge in [0.2, 0.25) is 0 Å². The van der Waals surface area contributed by atoms with Crippen LogP contribution in [0.15, 0.2) is 30.3 Å². The average Bonchev–Trinajstić information content (AvgIpc) is 3.72. The Kier molecular flexibility index (Phi) is 6.88. The van der Waals surface area contributed by atoms with Crippen molar-refractivity contribution in [1.29, 1.82) is 0 Å². The van der Waals surface area contributed by atoms with Gasteiger partial charge in [0, 0.05) is 44.1 Å². The molecule has 2 saturated heterocycles. The molecule has 3 heterocycles. The number of benzene rings is 1. The minimum Gasteiger partial charge on any atom is -0.381 e. The van der Waals surface area contributed by atoms with Crippen molar-refractivity contribution < 1.29 is 22.7 Å². The number of urea groups is 1. The van der Waals surface area contributed by atoms with Crippen molar-refractivity contribution in [2.45, 2.75) is 48.6 Å². The van der Waals surface area contributed by atoms with Gasteiger partial charge in [-0.1, -0.05) is 0 Å². The van der Waals surface area contributed by atoms with Gasteiger partial charge in [-0.2, -0.15) is 0 Å². The zero-order valence-electron chi connectivity index (χ0n) is 20.7. The van der Waals surface area contributed by atoms with E-state index >= 15 is 0 Å². The molecule has 2 amide bonds. The van der Waals surface area contributed by atoms with Crippen molar-refractivity contribution >= 4 is 27.4 Å². The molecule has 1 saturated carbocycles. The van der Waals surface area contributed by atoms with Crippen molar-refractivity contribution in [1.82, 2.24) is 15.3 Å². The Bertz CT molecular complexity index is 1210. The van der Waals surface area contributed by atoms with Gasteiger partial charge in [0.1, 0.15) is 10.6 Å². The fraction of sp³-hybridized carbons (Fsp3) is 0.560. The first-order chi connectivity index (χ1) is 17.3. The van der Waals surface area contributed by atoms with Gasteiger partial charge in [0.15, 0.2) is 15.7 Å².